The van der Waals surface area contributed by atoms with E-state index in [0.29, 0.717) is 12.2 Å². The van der Waals surface area contributed by atoms with E-state index in [-0.39, 0.29) is 37.5 Å². The molecule has 0 aliphatic heterocycles. The van der Waals surface area contributed by atoms with Crippen LogP contribution in [0.2, 0.25) is 0 Å². The van der Waals surface area contributed by atoms with Crippen molar-refractivity contribution in [2.75, 3.05) is 18.6 Å². The number of guanidine groups is 1. The number of phenols is 1. The van der Waals surface area contributed by atoms with Gasteiger partial charge in [0.2, 0.25) is 17.7 Å². The number of hydrogen-bond donors (Lipinski definition) is 8. The van der Waals surface area contributed by atoms with Crippen LogP contribution in [0.3, 0.4) is 0 Å². The molecule has 1 aromatic carbocycles. The largest absolute Gasteiger partial charge is 0.508 e. The summed E-state index contributed by atoms with van der Waals surface area (Å²) in [6.45, 7) is 1.53. The van der Waals surface area contributed by atoms with E-state index in [4.69, 9.17) is 22.3 Å². The molecule has 0 aliphatic rings. The Labute approximate surface area is 220 Å². The monoisotopic (exact) mass is 539 g/mol. The smallest absolute Gasteiger partial charge is 0.325 e. The molecule has 3 amide bonds. The molecule has 37 heavy (non-hydrogen) atoms. The molecule has 0 saturated carbocycles. The van der Waals surface area contributed by atoms with Crippen molar-refractivity contribution in [2.24, 2.45) is 22.2 Å². The molecule has 0 bridgehead atoms. The maximum Gasteiger partial charge on any atom is 0.325 e. The standard InChI is InChI=1S/C23H37N7O6S/c1-13(22(35)36)28-20(33)18(9-11-37-2)30-21(34)17(4-3-10-27-23(25)26)29-19(32)16(24)12-14-5-7-15(31)8-6-14/h5-8,13,16-18,31H,3-4,9-12,24H2,1-2H3,(H,28,33)(H,29,32)(H,30,34)(H,35,36)(H4,25,26,27). The number of carboxylic acid groups (broad SMARTS) is 1. The topological polar surface area (TPSA) is 235 Å². The van der Waals surface area contributed by atoms with E-state index in [1.807, 2.05) is 6.26 Å². The van der Waals surface area contributed by atoms with E-state index in [9.17, 15) is 24.3 Å². The van der Waals surface area contributed by atoms with Crippen molar-refractivity contribution in [1.82, 2.24) is 16.0 Å². The number of carbonyl (C=O) groups excluding carboxylic acids is 3. The molecular formula is C23H37N7O6S. The minimum absolute atomic E-state index is 0.0806. The quantitative estimate of drug-likeness (QED) is 0.0696. The van der Waals surface area contributed by atoms with E-state index in [0.717, 1.165) is 5.56 Å². The van der Waals surface area contributed by atoms with Gasteiger partial charge in [-0.2, -0.15) is 11.8 Å². The molecule has 4 unspecified atom stereocenters. The summed E-state index contributed by atoms with van der Waals surface area (Å²) in [7, 11) is 0. The van der Waals surface area contributed by atoms with Crippen LogP contribution < -0.4 is 33.2 Å². The lowest BCUT2D eigenvalue weighted by Crippen LogP contribution is -2.57. The first-order valence-electron chi connectivity index (χ1n) is 11.7. The van der Waals surface area contributed by atoms with Gasteiger partial charge in [-0.1, -0.05) is 12.1 Å². The number of benzene rings is 1. The Balaban J connectivity index is 2.96. The Bertz CT molecular complexity index is 940. The van der Waals surface area contributed by atoms with Crippen LogP contribution in [0.15, 0.2) is 29.3 Å². The minimum Gasteiger partial charge on any atom is -0.508 e. The molecule has 0 aliphatic carbocycles. The number of nitrogens with two attached hydrogens (primary N) is 3. The van der Waals surface area contributed by atoms with Crippen molar-refractivity contribution in [3.63, 3.8) is 0 Å². The lowest BCUT2D eigenvalue weighted by Gasteiger charge is -2.24. The Morgan fingerprint density at radius 1 is 0.973 bits per heavy atom. The molecule has 206 valence electrons. The molecule has 0 fully saturated rings. The second kappa shape index (κ2) is 16.3. The van der Waals surface area contributed by atoms with Crippen molar-refractivity contribution < 1.29 is 29.4 Å². The van der Waals surface area contributed by atoms with Gasteiger partial charge in [-0.15, -0.1) is 0 Å². The highest BCUT2D eigenvalue weighted by molar-refractivity contribution is 7.98. The number of nitrogens with zero attached hydrogens (tertiary/aromatic N) is 1. The molecule has 1 rings (SSSR count). The van der Waals surface area contributed by atoms with Crippen molar-refractivity contribution in [1.29, 1.82) is 0 Å². The van der Waals surface area contributed by atoms with Crippen molar-refractivity contribution in [2.45, 2.75) is 56.8 Å². The van der Waals surface area contributed by atoms with Gasteiger partial charge in [0.05, 0.1) is 6.04 Å². The number of rotatable bonds is 16. The van der Waals surface area contributed by atoms with Crippen LogP contribution in [0.5, 0.6) is 5.75 Å². The average Bonchev–Trinajstić information content (AvgIpc) is 2.84. The third-order valence-corrected chi connectivity index (χ3v) is 5.92. The molecule has 0 saturated heterocycles. The minimum atomic E-state index is -1.21. The molecule has 4 atom stereocenters. The van der Waals surface area contributed by atoms with E-state index in [2.05, 4.69) is 20.9 Å². The summed E-state index contributed by atoms with van der Waals surface area (Å²) in [5.74, 6) is -2.57. The molecule has 13 nitrogen and oxygen atoms in total. The number of carboxylic acids is 1. The molecule has 0 spiro atoms. The summed E-state index contributed by atoms with van der Waals surface area (Å²) in [6.07, 6.45) is 2.75. The maximum absolute atomic E-state index is 13.1. The first kappa shape index (κ1) is 31.5. The number of nitrogens with one attached hydrogen (secondary N) is 3. The Hall–Kier alpha value is -3.52. The SMILES string of the molecule is CSCCC(NC(=O)C(CCCN=C(N)N)NC(=O)C(N)Cc1ccc(O)cc1)C(=O)NC(C)C(=O)O. The fraction of sp³-hybridized carbons (Fsp3) is 0.522. The highest BCUT2D eigenvalue weighted by Gasteiger charge is 2.29. The van der Waals surface area contributed by atoms with Crippen molar-refractivity contribution >= 4 is 41.4 Å². The zero-order valence-corrected chi connectivity index (χ0v) is 21.8. The van der Waals surface area contributed by atoms with E-state index >= 15 is 0 Å². The van der Waals surface area contributed by atoms with Gasteiger partial charge < -0.3 is 43.4 Å². The number of carbonyl (C=O) groups is 4. The summed E-state index contributed by atoms with van der Waals surface area (Å²) >= 11 is 1.46. The van der Waals surface area contributed by atoms with Gasteiger partial charge in [0.15, 0.2) is 5.96 Å². The normalized spacial score (nSPS) is 13.9. The number of phenolic OH excluding ortho intramolecular Hbond substituents is 1. The second-order valence-electron chi connectivity index (χ2n) is 8.40. The number of aromatic hydroxyl groups is 1. The van der Waals surface area contributed by atoms with E-state index in [1.54, 1.807) is 12.1 Å². The highest BCUT2D eigenvalue weighted by Crippen LogP contribution is 2.11. The number of amides is 3. The third kappa shape index (κ3) is 12.3. The van der Waals surface area contributed by atoms with Crippen LogP contribution in [0.25, 0.3) is 0 Å². The van der Waals surface area contributed by atoms with Gasteiger partial charge in [-0.25, -0.2) is 0 Å². The fourth-order valence-corrected chi connectivity index (χ4v) is 3.65. The lowest BCUT2D eigenvalue weighted by atomic mass is 10.0. The number of thioether (sulfide) groups is 1. The predicted molar refractivity (Wildman–Crippen MR) is 142 cm³/mol. The zero-order chi connectivity index (χ0) is 28.0. The average molecular weight is 540 g/mol. The second-order valence-corrected chi connectivity index (χ2v) is 9.38. The van der Waals surface area contributed by atoms with Crippen LogP contribution >= 0.6 is 11.8 Å². The molecule has 1 aromatic rings. The summed E-state index contributed by atoms with van der Waals surface area (Å²) in [5, 5.41) is 26.1. The number of hydrogen-bond acceptors (Lipinski definition) is 8. The van der Waals surface area contributed by atoms with Crippen LogP contribution in [0.4, 0.5) is 0 Å². The Morgan fingerprint density at radius 2 is 1.54 bits per heavy atom. The van der Waals surface area contributed by atoms with Gasteiger partial charge in [-0.05, 0) is 62.3 Å². The van der Waals surface area contributed by atoms with Gasteiger partial charge in [0.1, 0.15) is 23.9 Å². The molecule has 0 aromatic heterocycles. The van der Waals surface area contributed by atoms with Gasteiger partial charge in [-0.3, -0.25) is 24.2 Å². The fourth-order valence-electron chi connectivity index (χ4n) is 3.18. The maximum atomic E-state index is 13.1. The summed E-state index contributed by atoms with van der Waals surface area (Å²) in [5.41, 5.74) is 17.4. The van der Waals surface area contributed by atoms with Crippen LogP contribution in [-0.2, 0) is 25.6 Å². The summed E-state index contributed by atoms with van der Waals surface area (Å²) < 4.78 is 0. The van der Waals surface area contributed by atoms with E-state index < -0.39 is 47.9 Å². The van der Waals surface area contributed by atoms with Crippen LogP contribution in [0.1, 0.15) is 31.7 Å². The van der Waals surface area contributed by atoms with Gasteiger partial charge in [0.25, 0.3) is 0 Å². The van der Waals surface area contributed by atoms with Crippen LogP contribution in [-0.4, -0.2) is 82.6 Å². The first-order chi connectivity index (χ1) is 17.4. The van der Waals surface area contributed by atoms with E-state index in [1.165, 1.54) is 30.8 Å². The van der Waals surface area contributed by atoms with Gasteiger partial charge in [0, 0.05) is 6.54 Å². The summed E-state index contributed by atoms with van der Waals surface area (Å²) in [4.78, 5) is 53.6. The van der Waals surface area contributed by atoms with Crippen molar-refractivity contribution in [3.05, 3.63) is 29.8 Å². The number of aliphatic imine (C=N–C) groups is 1. The molecule has 0 heterocycles. The van der Waals surface area contributed by atoms with Crippen molar-refractivity contribution in [3.8, 4) is 5.75 Å². The molecule has 11 N–H and O–H groups in total. The Kier molecular flexibility index (Phi) is 13.9. The zero-order valence-electron chi connectivity index (χ0n) is 21.0. The highest BCUT2D eigenvalue weighted by atomic mass is 32.2. The third-order valence-electron chi connectivity index (χ3n) is 5.28. The Morgan fingerprint density at radius 3 is 2.11 bits per heavy atom. The predicted octanol–water partition coefficient (Wildman–Crippen LogP) is -1.37. The van der Waals surface area contributed by atoms with Gasteiger partial charge >= 0.3 is 5.97 Å². The molecular weight excluding hydrogens is 502 g/mol. The summed E-state index contributed by atoms with van der Waals surface area (Å²) in [6, 6.07) is 2.04. The first-order valence-corrected chi connectivity index (χ1v) is 13.1. The molecule has 14 heteroatoms. The lowest BCUT2D eigenvalue weighted by molar-refractivity contribution is -0.141. The van der Waals surface area contributed by atoms with Crippen LogP contribution in [0, 0.1) is 0 Å². The number of aliphatic carboxylic acids is 1. The molecule has 0 radical (unpaired) electrons.